The lowest BCUT2D eigenvalue weighted by atomic mass is 10.1. The molecule has 9 heteroatoms. The van der Waals surface area contributed by atoms with Crippen molar-refractivity contribution in [3.05, 3.63) is 41.6 Å². The average molecular weight is 418 g/mol. The molecule has 1 aromatic carbocycles. The second-order valence-corrected chi connectivity index (χ2v) is 9.45. The minimum absolute atomic E-state index is 0.370. The fraction of sp³-hybridized carbons (Fsp3) is 0.500. The van der Waals surface area contributed by atoms with E-state index in [9.17, 15) is 8.42 Å². The van der Waals surface area contributed by atoms with Crippen molar-refractivity contribution in [3.8, 4) is 0 Å². The summed E-state index contributed by atoms with van der Waals surface area (Å²) in [6, 6.07) is 7.37. The number of aryl methyl sites for hydroxylation is 2. The van der Waals surface area contributed by atoms with Crippen LogP contribution in [0.5, 0.6) is 0 Å². The molecule has 0 unspecified atom stereocenters. The van der Waals surface area contributed by atoms with E-state index in [1.807, 2.05) is 26.0 Å². The first-order chi connectivity index (χ1) is 13.9. The van der Waals surface area contributed by atoms with Gasteiger partial charge < -0.3 is 14.5 Å². The average Bonchev–Trinajstić information content (AvgIpc) is 2.76. The van der Waals surface area contributed by atoms with Crippen LogP contribution in [0.15, 0.2) is 35.4 Å². The van der Waals surface area contributed by atoms with Gasteiger partial charge in [-0.25, -0.2) is 8.42 Å². The Balaban J connectivity index is 1.44. The highest BCUT2D eigenvalue weighted by molar-refractivity contribution is 7.89. The molecule has 156 valence electrons. The summed E-state index contributed by atoms with van der Waals surface area (Å²) in [5.74, 6) is 0.844. The van der Waals surface area contributed by atoms with Gasteiger partial charge in [0.05, 0.1) is 30.0 Å². The monoisotopic (exact) mass is 417 g/mol. The standard InChI is InChI=1S/C20H27N5O3S/c1-16-3-4-19(13-17(16)2)29(26,27)25-7-5-23(6-8-25)18-14-20(22-21-15-18)24-9-11-28-12-10-24/h3-4,13-15H,5-12H2,1-2H3. The minimum Gasteiger partial charge on any atom is -0.378 e. The van der Waals surface area contributed by atoms with Gasteiger partial charge in [-0.1, -0.05) is 6.07 Å². The molecule has 29 heavy (non-hydrogen) atoms. The Morgan fingerprint density at radius 3 is 2.31 bits per heavy atom. The SMILES string of the molecule is Cc1ccc(S(=O)(=O)N2CCN(c3cnnc(N4CCOCC4)c3)CC2)cc1C. The first-order valence-corrected chi connectivity index (χ1v) is 11.4. The second-order valence-electron chi connectivity index (χ2n) is 7.51. The third-order valence-electron chi connectivity index (χ3n) is 5.68. The molecule has 2 aromatic rings. The topological polar surface area (TPSA) is 78.9 Å². The lowest BCUT2D eigenvalue weighted by Gasteiger charge is -2.35. The maximum Gasteiger partial charge on any atom is 0.243 e. The van der Waals surface area contributed by atoms with Crippen LogP contribution in [-0.4, -0.2) is 75.4 Å². The highest BCUT2D eigenvalue weighted by atomic mass is 32.2. The van der Waals surface area contributed by atoms with Crippen LogP contribution in [0.1, 0.15) is 11.1 Å². The van der Waals surface area contributed by atoms with Gasteiger partial charge in [0.2, 0.25) is 10.0 Å². The molecule has 0 spiro atoms. The summed E-state index contributed by atoms with van der Waals surface area (Å²) >= 11 is 0. The predicted molar refractivity (Wildman–Crippen MR) is 112 cm³/mol. The van der Waals surface area contributed by atoms with E-state index in [2.05, 4.69) is 20.0 Å². The van der Waals surface area contributed by atoms with Crippen molar-refractivity contribution in [2.45, 2.75) is 18.7 Å². The first-order valence-electron chi connectivity index (χ1n) is 9.93. The van der Waals surface area contributed by atoms with Crippen LogP contribution in [-0.2, 0) is 14.8 Å². The maximum atomic E-state index is 13.0. The summed E-state index contributed by atoms with van der Waals surface area (Å²) in [7, 11) is -3.48. The van der Waals surface area contributed by atoms with Crippen molar-refractivity contribution in [3.63, 3.8) is 0 Å². The fourth-order valence-electron chi connectivity index (χ4n) is 3.68. The number of ether oxygens (including phenoxy) is 1. The van der Waals surface area contributed by atoms with Crippen LogP contribution in [0.3, 0.4) is 0 Å². The van der Waals surface area contributed by atoms with Crippen LogP contribution in [0.25, 0.3) is 0 Å². The zero-order chi connectivity index (χ0) is 20.4. The van der Waals surface area contributed by atoms with Crippen molar-refractivity contribution in [1.29, 1.82) is 0 Å². The van der Waals surface area contributed by atoms with Crippen LogP contribution in [0.2, 0.25) is 0 Å². The van der Waals surface area contributed by atoms with Crippen LogP contribution < -0.4 is 9.80 Å². The Morgan fingerprint density at radius 2 is 1.62 bits per heavy atom. The number of rotatable bonds is 4. The number of morpholine rings is 1. The van der Waals surface area contributed by atoms with E-state index in [1.54, 1.807) is 22.6 Å². The smallest absolute Gasteiger partial charge is 0.243 e. The van der Waals surface area contributed by atoms with Crippen molar-refractivity contribution in [1.82, 2.24) is 14.5 Å². The van der Waals surface area contributed by atoms with Gasteiger partial charge in [0.25, 0.3) is 0 Å². The Bertz CT molecular complexity index is 968. The van der Waals surface area contributed by atoms with Crippen LogP contribution in [0.4, 0.5) is 11.5 Å². The normalized spacial score (nSPS) is 18.8. The first kappa shape index (κ1) is 20.1. The van der Waals surface area contributed by atoms with Gasteiger partial charge in [0.15, 0.2) is 5.82 Å². The lowest BCUT2D eigenvalue weighted by molar-refractivity contribution is 0.122. The Labute approximate surface area is 172 Å². The van der Waals surface area contributed by atoms with E-state index in [1.165, 1.54) is 0 Å². The molecular weight excluding hydrogens is 390 g/mol. The molecule has 0 saturated carbocycles. The van der Waals surface area contributed by atoms with Gasteiger partial charge in [-0.05, 0) is 37.1 Å². The molecule has 1 aromatic heterocycles. The number of hydrogen-bond donors (Lipinski definition) is 0. The third kappa shape index (κ3) is 4.22. The van der Waals surface area contributed by atoms with Gasteiger partial charge in [-0.15, -0.1) is 5.10 Å². The molecule has 8 nitrogen and oxygen atoms in total. The number of nitrogens with zero attached hydrogens (tertiary/aromatic N) is 5. The molecule has 4 rings (SSSR count). The quantitative estimate of drug-likeness (QED) is 0.745. The fourth-order valence-corrected chi connectivity index (χ4v) is 5.18. The van der Waals surface area contributed by atoms with Crippen molar-refractivity contribution in [2.75, 3.05) is 62.3 Å². The molecule has 2 aliphatic rings. The number of anilines is 2. The summed E-state index contributed by atoms with van der Waals surface area (Å²) < 4.78 is 33.0. The van der Waals surface area contributed by atoms with E-state index >= 15 is 0 Å². The van der Waals surface area contributed by atoms with Crippen molar-refractivity contribution in [2.24, 2.45) is 0 Å². The van der Waals surface area contributed by atoms with Gasteiger partial charge in [-0.3, -0.25) is 0 Å². The summed E-state index contributed by atoms with van der Waals surface area (Å²) in [5.41, 5.74) is 3.06. The summed E-state index contributed by atoms with van der Waals surface area (Å²) in [5, 5.41) is 8.42. The number of sulfonamides is 1. The second kappa shape index (κ2) is 8.25. The van der Waals surface area contributed by atoms with Gasteiger partial charge in [0, 0.05) is 45.3 Å². The number of benzene rings is 1. The number of piperazine rings is 1. The van der Waals surface area contributed by atoms with Crippen LogP contribution in [0, 0.1) is 13.8 Å². The summed E-state index contributed by atoms with van der Waals surface area (Å²) in [6.07, 6.45) is 1.75. The van der Waals surface area contributed by atoms with E-state index in [0.717, 1.165) is 35.7 Å². The molecule has 0 bridgehead atoms. The van der Waals surface area contributed by atoms with Crippen molar-refractivity contribution >= 4 is 21.5 Å². The van der Waals surface area contributed by atoms with E-state index < -0.39 is 10.0 Å². The van der Waals surface area contributed by atoms with E-state index in [-0.39, 0.29) is 0 Å². The molecule has 3 heterocycles. The summed E-state index contributed by atoms with van der Waals surface area (Å²) in [6.45, 7) is 9.07. The molecule has 0 radical (unpaired) electrons. The zero-order valence-corrected chi connectivity index (χ0v) is 17.7. The Morgan fingerprint density at radius 1 is 0.897 bits per heavy atom. The van der Waals surface area contributed by atoms with E-state index in [0.29, 0.717) is 44.3 Å². The highest BCUT2D eigenvalue weighted by Gasteiger charge is 2.29. The van der Waals surface area contributed by atoms with E-state index in [4.69, 9.17) is 4.74 Å². The molecule has 0 aliphatic carbocycles. The number of hydrogen-bond acceptors (Lipinski definition) is 7. The Hall–Kier alpha value is -2.23. The minimum atomic E-state index is -3.48. The third-order valence-corrected chi connectivity index (χ3v) is 7.58. The molecule has 0 N–H and O–H groups in total. The van der Waals surface area contributed by atoms with Crippen molar-refractivity contribution < 1.29 is 13.2 Å². The molecular formula is C20H27N5O3S. The van der Waals surface area contributed by atoms with Gasteiger partial charge in [-0.2, -0.15) is 9.40 Å². The van der Waals surface area contributed by atoms with Gasteiger partial charge in [0.1, 0.15) is 0 Å². The molecule has 0 amide bonds. The zero-order valence-electron chi connectivity index (χ0n) is 16.9. The number of aromatic nitrogens is 2. The molecule has 2 fully saturated rings. The van der Waals surface area contributed by atoms with Gasteiger partial charge >= 0.3 is 0 Å². The summed E-state index contributed by atoms with van der Waals surface area (Å²) in [4.78, 5) is 4.71. The highest BCUT2D eigenvalue weighted by Crippen LogP contribution is 2.24. The predicted octanol–water partition coefficient (Wildman–Crippen LogP) is 1.44. The lowest BCUT2D eigenvalue weighted by Crippen LogP contribution is -2.48. The molecule has 2 aliphatic heterocycles. The largest absolute Gasteiger partial charge is 0.378 e. The maximum absolute atomic E-state index is 13.0. The molecule has 2 saturated heterocycles. The van der Waals surface area contributed by atoms with Crippen LogP contribution >= 0.6 is 0 Å². The molecule has 0 atom stereocenters. The Kier molecular flexibility index (Phi) is 5.71.